The van der Waals surface area contributed by atoms with Crippen LogP contribution >= 0.6 is 0 Å². The zero-order valence-electron chi connectivity index (χ0n) is 10.1. The van der Waals surface area contributed by atoms with Gasteiger partial charge in [0, 0.05) is 13.0 Å². The van der Waals surface area contributed by atoms with Crippen LogP contribution in [-0.2, 0) is 17.3 Å². The van der Waals surface area contributed by atoms with E-state index in [1.165, 1.54) is 6.07 Å². The van der Waals surface area contributed by atoms with Gasteiger partial charge in [-0.15, -0.1) is 0 Å². The fourth-order valence-corrected chi connectivity index (χ4v) is 2.36. The highest BCUT2D eigenvalue weighted by molar-refractivity contribution is 5.76. The number of hydrogen-bond donors (Lipinski definition) is 1. The molecule has 1 fully saturated rings. The van der Waals surface area contributed by atoms with E-state index in [9.17, 15) is 13.2 Å². The summed E-state index contributed by atoms with van der Waals surface area (Å²) in [6.45, 7) is 0.753. The summed E-state index contributed by atoms with van der Waals surface area (Å²) >= 11 is 0. The molecule has 1 saturated heterocycles. The summed E-state index contributed by atoms with van der Waals surface area (Å²) in [6, 6.07) is 3.55. The van der Waals surface area contributed by atoms with Gasteiger partial charge in [0.15, 0.2) is 0 Å². The van der Waals surface area contributed by atoms with Gasteiger partial charge >= 0.3 is 6.18 Å². The molecule has 0 radical (unpaired) electrons. The number of aromatic nitrogens is 2. The second kappa shape index (κ2) is 4.52. The number of nitrogens with zero attached hydrogens (tertiary/aromatic N) is 1. The Morgan fingerprint density at radius 1 is 1.37 bits per heavy atom. The largest absolute Gasteiger partial charge is 0.416 e. The van der Waals surface area contributed by atoms with Crippen LogP contribution in [0.15, 0.2) is 18.2 Å². The van der Waals surface area contributed by atoms with Crippen LogP contribution in [0.3, 0.4) is 0 Å². The molecule has 1 aromatic heterocycles. The number of alkyl halides is 3. The van der Waals surface area contributed by atoms with Crippen LogP contribution in [0.5, 0.6) is 0 Å². The van der Waals surface area contributed by atoms with Gasteiger partial charge in [-0.25, -0.2) is 4.98 Å². The van der Waals surface area contributed by atoms with Gasteiger partial charge in [0.05, 0.1) is 22.7 Å². The van der Waals surface area contributed by atoms with Crippen molar-refractivity contribution >= 4 is 11.0 Å². The minimum absolute atomic E-state index is 0.127. The van der Waals surface area contributed by atoms with E-state index in [0.29, 0.717) is 23.3 Å². The number of aromatic amines is 1. The first kappa shape index (κ1) is 12.5. The summed E-state index contributed by atoms with van der Waals surface area (Å²) in [6.07, 6.45) is -1.57. The first-order chi connectivity index (χ1) is 9.02. The average molecular weight is 270 g/mol. The highest BCUT2D eigenvalue weighted by Gasteiger charge is 2.30. The Hall–Kier alpha value is -1.56. The Morgan fingerprint density at radius 3 is 2.89 bits per heavy atom. The summed E-state index contributed by atoms with van der Waals surface area (Å²) in [4.78, 5) is 7.24. The van der Waals surface area contributed by atoms with E-state index in [1.807, 2.05) is 0 Å². The van der Waals surface area contributed by atoms with E-state index < -0.39 is 11.7 Å². The van der Waals surface area contributed by atoms with Crippen molar-refractivity contribution in [1.29, 1.82) is 0 Å². The molecular weight excluding hydrogens is 257 g/mol. The maximum absolute atomic E-state index is 12.6. The number of halogens is 3. The first-order valence-electron chi connectivity index (χ1n) is 6.20. The first-order valence-corrected chi connectivity index (χ1v) is 6.20. The average Bonchev–Trinajstić information content (AvgIpc) is 2.95. The van der Waals surface area contributed by atoms with Crippen molar-refractivity contribution in [1.82, 2.24) is 9.97 Å². The molecule has 3 nitrogen and oxygen atoms in total. The van der Waals surface area contributed by atoms with Crippen LogP contribution < -0.4 is 0 Å². The molecule has 3 rings (SSSR count). The molecule has 2 aromatic rings. The summed E-state index contributed by atoms with van der Waals surface area (Å²) < 4.78 is 43.3. The Bertz CT molecular complexity index is 585. The van der Waals surface area contributed by atoms with Gasteiger partial charge in [-0.05, 0) is 31.0 Å². The van der Waals surface area contributed by atoms with Gasteiger partial charge in [0.1, 0.15) is 5.82 Å². The predicted molar refractivity (Wildman–Crippen MR) is 63.8 cm³/mol. The molecular formula is C13H13F3N2O. The summed E-state index contributed by atoms with van der Waals surface area (Å²) in [7, 11) is 0. The van der Waals surface area contributed by atoms with Gasteiger partial charge in [0.25, 0.3) is 0 Å². The highest BCUT2D eigenvalue weighted by Crippen LogP contribution is 2.31. The minimum Gasteiger partial charge on any atom is -0.378 e. The third-order valence-corrected chi connectivity index (χ3v) is 3.30. The molecule has 1 aromatic carbocycles. The van der Waals surface area contributed by atoms with E-state index in [2.05, 4.69) is 9.97 Å². The molecule has 1 aliphatic rings. The zero-order chi connectivity index (χ0) is 13.5. The number of fused-ring (bicyclic) bond motifs is 1. The molecule has 0 spiro atoms. The molecule has 102 valence electrons. The van der Waals surface area contributed by atoms with E-state index in [0.717, 1.165) is 31.6 Å². The number of ether oxygens (including phenoxy) is 1. The quantitative estimate of drug-likeness (QED) is 0.909. The number of nitrogens with one attached hydrogen (secondary N) is 1. The molecule has 1 unspecified atom stereocenters. The second-order valence-corrected chi connectivity index (χ2v) is 4.75. The molecule has 6 heteroatoms. The Balaban J connectivity index is 1.87. The lowest BCUT2D eigenvalue weighted by molar-refractivity contribution is -0.137. The smallest absolute Gasteiger partial charge is 0.378 e. The predicted octanol–water partition coefficient (Wildman–Crippen LogP) is 3.30. The van der Waals surface area contributed by atoms with Gasteiger partial charge < -0.3 is 9.72 Å². The van der Waals surface area contributed by atoms with Crippen LogP contribution in [-0.4, -0.2) is 22.7 Å². The van der Waals surface area contributed by atoms with Gasteiger partial charge in [0.2, 0.25) is 0 Å². The van der Waals surface area contributed by atoms with E-state index in [1.54, 1.807) is 0 Å². The number of H-pyrrole nitrogens is 1. The minimum atomic E-state index is -4.33. The second-order valence-electron chi connectivity index (χ2n) is 4.75. The molecule has 1 aliphatic heterocycles. The molecule has 0 saturated carbocycles. The Labute approximate surface area is 107 Å². The van der Waals surface area contributed by atoms with Crippen molar-refractivity contribution in [3.8, 4) is 0 Å². The van der Waals surface area contributed by atoms with E-state index >= 15 is 0 Å². The molecule has 0 bridgehead atoms. The van der Waals surface area contributed by atoms with Crippen molar-refractivity contribution in [3.63, 3.8) is 0 Å². The zero-order valence-corrected chi connectivity index (χ0v) is 10.1. The van der Waals surface area contributed by atoms with Crippen molar-refractivity contribution in [3.05, 3.63) is 29.6 Å². The molecule has 19 heavy (non-hydrogen) atoms. The lowest BCUT2D eigenvalue weighted by Crippen LogP contribution is -2.09. The van der Waals surface area contributed by atoms with Crippen molar-refractivity contribution in [2.75, 3.05) is 6.61 Å². The van der Waals surface area contributed by atoms with E-state index in [-0.39, 0.29) is 6.10 Å². The van der Waals surface area contributed by atoms with Crippen LogP contribution in [0.25, 0.3) is 11.0 Å². The molecule has 2 heterocycles. The summed E-state index contributed by atoms with van der Waals surface area (Å²) in [5.41, 5.74) is 0.316. The third-order valence-electron chi connectivity index (χ3n) is 3.30. The monoisotopic (exact) mass is 270 g/mol. The van der Waals surface area contributed by atoms with Crippen molar-refractivity contribution in [2.24, 2.45) is 0 Å². The SMILES string of the molecule is FC(F)(F)c1ccc2nc(CC3CCCO3)[nH]c2c1. The number of imidazole rings is 1. The number of benzene rings is 1. The fraction of sp³-hybridized carbons (Fsp3) is 0.462. The third kappa shape index (κ3) is 2.58. The Morgan fingerprint density at radius 2 is 2.21 bits per heavy atom. The van der Waals surface area contributed by atoms with Crippen molar-refractivity contribution < 1.29 is 17.9 Å². The Kier molecular flexibility index (Phi) is 2.97. The van der Waals surface area contributed by atoms with Crippen LogP contribution in [0, 0.1) is 0 Å². The lowest BCUT2D eigenvalue weighted by atomic mass is 10.2. The van der Waals surface area contributed by atoms with E-state index in [4.69, 9.17) is 4.74 Å². The summed E-state index contributed by atoms with van der Waals surface area (Å²) in [5.74, 6) is 0.682. The molecule has 1 atom stereocenters. The summed E-state index contributed by atoms with van der Waals surface area (Å²) in [5, 5.41) is 0. The molecule has 0 amide bonds. The number of hydrogen-bond acceptors (Lipinski definition) is 2. The van der Waals surface area contributed by atoms with Crippen molar-refractivity contribution in [2.45, 2.75) is 31.5 Å². The normalized spacial score (nSPS) is 20.3. The highest BCUT2D eigenvalue weighted by atomic mass is 19.4. The van der Waals surface area contributed by atoms with Crippen LogP contribution in [0.4, 0.5) is 13.2 Å². The lowest BCUT2D eigenvalue weighted by Gasteiger charge is -2.05. The number of rotatable bonds is 2. The van der Waals surface area contributed by atoms with Gasteiger partial charge in [-0.3, -0.25) is 0 Å². The van der Waals surface area contributed by atoms with Gasteiger partial charge in [-0.2, -0.15) is 13.2 Å². The fourth-order valence-electron chi connectivity index (χ4n) is 2.36. The topological polar surface area (TPSA) is 37.9 Å². The molecule has 0 aliphatic carbocycles. The maximum Gasteiger partial charge on any atom is 0.416 e. The van der Waals surface area contributed by atoms with Crippen LogP contribution in [0.1, 0.15) is 24.2 Å². The molecule has 1 N–H and O–H groups in total. The standard InChI is InChI=1S/C13H13F3N2O/c14-13(15,16)8-3-4-10-11(6-8)18-12(17-10)7-9-2-1-5-19-9/h3-4,6,9H,1-2,5,7H2,(H,17,18). The van der Waals surface area contributed by atoms with Crippen LogP contribution in [0.2, 0.25) is 0 Å². The maximum atomic E-state index is 12.6. The van der Waals surface area contributed by atoms with Gasteiger partial charge in [-0.1, -0.05) is 0 Å².